The van der Waals surface area contributed by atoms with Crippen molar-refractivity contribution < 1.29 is 50.8 Å². The van der Waals surface area contributed by atoms with Crippen LogP contribution >= 0.6 is 0 Å². The van der Waals surface area contributed by atoms with Crippen molar-refractivity contribution in [2.75, 3.05) is 6.54 Å². The lowest BCUT2D eigenvalue weighted by molar-refractivity contribution is -0.165. The summed E-state index contributed by atoms with van der Waals surface area (Å²) < 4.78 is 0. The standard InChI is InChI=1S/C8H11NO3.C4H6O6.H2O/c9-4-8(12)5-1-2-6(10)7(11)3-5;5-1(3(7)8)2(6)4(9)10;/h1-3,8,10-12H,4,9H2;1-2,5-6H,(H,7,8)(H,9,10);1H2/t8-;1-,2?;/m01./s1. The highest BCUT2D eigenvalue weighted by atomic mass is 16.4. The number of aromatic hydroxyl groups is 2. The number of hydrogen-bond donors (Lipinski definition) is 8. The molecule has 0 radical (unpaired) electrons. The number of nitrogens with two attached hydrogens (primary N) is 1. The number of phenolic OH excluding ortho intramolecular Hbond substituents is 2. The van der Waals surface area contributed by atoms with Crippen molar-refractivity contribution in [1.82, 2.24) is 0 Å². The molecule has 0 aliphatic carbocycles. The SMILES string of the molecule is NC[C@H](O)c1ccc(O)c(O)c1.O.O=C(O)C(O)[C@@H](O)C(=O)O. The first-order chi connectivity index (χ1) is 10.1. The van der Waals surface area contributed by atoms with Gasteiger partial charge in [0.25, 0.3) is 0 Å². The van der Waals surface area contributed by atoms with Gasteiger partial charge in [0.05, 0.1) is 6.10 Å². The van der Waals surface area contributed by atoms with Crippen LogP contribution in [-0.2, 0) is 9.59 Å². The Kier molecular flexibility index (Phi) is 10.2. The molecule has 0 fully saturated rings. The highest BCUT2D eigenvalue weighted by Crippen LogP contribution is 2.27. The summed E-state index contributed by atoms with van der Waals surface area (Å²) in [6.45, 7) is 0.0875. The number of aliphatic carboxylic acids is 2. The summed E-state index contributed by atoms with van der Waals surface area (Å²) in [7, 11) is 0. The van der Waals surface area contributed by atoms with Crippen molar-refractivity contribution in [2.24, 2.45) is 5.73 Å². The Morgan fingerprint density at radius 2 is 1.39 bits per heavy atom. The molecule has 0 saturated carbocycles. The molecule has 0 spiro atoms. The summed E-state index contributed by atoms with van der Waals surface area (Å²) >= 11 is 0. The number of rotatable bonds is 5. The molecule has 0 heterocycles. The van der Waals surface area contributed by atoms with Crippen LogP contribution in [0.4, 0.5) is 0 Å². The molecule has 0 bridgehead atoms. The summed E-state index contributed by atoms with van der Waals surface area (Å²) in [6, 6.07) is 4.10. The fraction of sp³-hybridized carbons (Fsp3) is 0.333. The van der Waals surface area contributed by atoms with E-state index in [1.165, 1.54) is 18.2 Å². The van der Waals surface area contributed by atoms with Crippen molar-refractivity contribution in [2.45, 2.75) is 18.3 Å². The average molecular weight is 337 g/mol. The maximum absolute atomic E-state index is 9.77. The second-order valence-corrected chi connectivity index (χ2v) is 4.07. The van der Waals surface area contributed by atoms with E-state index in [9.17, 15) is 14.7 Å². The fourth-order valence-corrected chi connectivity index (χ4v) is 1.15. The van der Waals surface area contributed by atoms with Gasteiger partial charge in [0.15, 0.2) is 23.7 Å². The molecule has 0 amide bonds. The third-order valence-electron chi connectivity index (χ3n) is 2.41. The molecule has 0 aromatic heterocycles. The first kappa shape index (κ1) is 22.8. The van der Waals surface area contributed by atoms with Crippen molar-refractivity contribution >= 4 is 11.9 Å². The molecular formula is C12H19NO10. The zero-order valence-electron chi connectivity index (χ0n) is 11.7. The maximum Gasteiger partial charge on any atom is 0.335 e. The van der Waals surface area contributed by atoms with E-state index in [-0.39, 0.29) is 23.5 Å². The summed E-state index contributed by atoms with van der Waals surface area (Å²) in [5, 5.41) is 59.7. The summed E-state index contributed by atoms with van der Waals surface area (Å²) in [4.78, 5) is 19.5. The minimum atomic E-state index is -2.27. The van der Waals surface area contributed by atoms with Crippen molar-refractivity contribution in [3.05, 3.63) is 23.8 Å². The van der Waals surface area contributed by atoms with Crippen molar-refractivity contribution in [3.63, 3.8) is 0 Å². The van der Waals surface area contributed by atoms with Gasteiger partial charge in [-0.3, -0.25) is 0 Å². The minimum absolute atomic E-state index is 0. The Balaban J connectivity index is 0. The molecule has 11 heteroatoms. The third kappa shape index (κ3) is 7.39. The van der Waals surface area contributed by atoms with Gasteiger partial charge in [0.1, 0.15) is 0 Å². The number of benzene rings is 1. The first-order valence-corrected chi connectivity index (χ1v) is 5.83. The maximum atomic E-state index is 9.77. The monoisotopic (exact) mass is 337 g/mol. The summed E-state index contributed by atoms with van der Waals surface area (Å²) in [6.07, 6.45) is -5.33. The average Bonchev–Trinajstić information content (AvgIpc) is 2.48. The van der Waals surface area contributed by atoms with Crippen LogP contribution in [0.3, 0.4) is 0 Å². The molecule has 1 unspecified atom stereocenters. The Morgan fingerprint density at radius 3 is 1.70 bits per heavy atom. The van der Waals surface area contributed by atoms with E-state index < -0.39 is 30.3 Å². The Labute approximate surface area is 129 Å². The molecule has 0 aliphatic rings. The predicted molar refractivity (Wildman–Crippen MR) is 74.7 cm³/mol. The molecule has 0 saturated heterocycles. The van der Waals surface area contributed by atoms with Crippen LogP contribution in [-0.4, -0.2) is 71.9 Å². The summed E-state index contributed by atoms with van der Waals surface area (Å²) in [5.41, 5.74) is 5.69. The van der Waals surface area contributed by atoms with Gasteiger partial charge in [-0.1, -0.05) is 6.07 Å². The number of carboxylic acid groups (broad SMARTS) is 2. The van der Waals surface area contributed by atoms with Crippen LogP contribution in [0.1, 0.15) is 11.7 Å². The van der Waals surface area contributed by atoms with Crippen LogP contribution in [0.25, 0.3) is 0 Å². The Morgan fingerprint density at radius 1 is 0.957 bits per heavy atom. The highest BCUT2D eigenvalue weighted by molar-refractivity contribution is 5.83. The van der Waals surface area contributed by atoms with Gasteiger partial charge in [-0.2, -0.15) is 0 Å². The van der Waals surface area contributed by atoms with E-state index in [0.717, 1.165) is 0 Å². The van der Waals surface area contributed by atoms with Crippen LogP contribution < -0.4 is 5.73 Å². The van der Waals surface area contributed by atoms with Gasteiger partial charge >= 0.3 is 11.9 Å². The molecule has 23 heavy (non-hydrogen) atoms. The molecule has 0 aliphatic heterocycles. The van der Waals surface area contributed by atoms with Crippen molar-refractivity contribution in [3.8, 4) is 11.5 Å². The third-order valence-corrected chi connectivity index (χ3v) is 2.41. The van der Waals surface area contributed by atoms with Crippen LogP contribution in [0.2, 0.25) is 0 Å². The second-order valence-electron chi connectivity index (χ2n) is 4.07. The zero-order valence-corrected chi connectivity index (χ0v) is 11.7. The smallest absolute Gasteiger partial charge is 0.335 e. The Bertz CT molecular complexity index is 503. The van der Waals surface area contributed by atoms with Crippen LogP contribution in [0, 0.1) is 0 Å². The molecule has 132 valence electrons. The fourth-order valence-electron chi connectivity index (χ4n) is 1.15. The molecule has 1 rings (SSSR count). The largest absolute Gasteiger partial charge is 0.504 e. The van der Waals surface area contributed by atoms with Gasteiger partial charge in [0, 0.05) is 6.54 Å². The number of aliphatic hydroxyl groups excluding tert-OH is 3. The minimum Gasteiger partial charge on any atom is -0.504 e. The van der Waals surface area contributed by atoms with Gasteiger partial charge < -0.3 is 47.0 Å². The topological polar surface area (TPSA) is 233 Å². The molecular weight excluding hydrogens is 318 g/mol. The molecule has 11 nitrogen and oxygen atoms in total. The highest BCUT2D eigenvalue weighted by Gasteiger charge is 2.29. The lowest BCUT2D eigenvalue weighted by Crippen LogP contribution is -2.39. The number of hydrogen-bond acceptors (Lipinski definition) is 8. The number of aliphatic hydroxyl groups is 3. The van der Waals surface area contributed by atoms with E-state index in [2.05, 4.69) is 0 Å². The number of carbonyl (C=O) groups is 2. The zero-order chi connectivity index (χ0) is 17.4. The van der Waals surface area contributed by atoms with E-state index in [1.807, 2.05) is 0 Å². The van der Waals surface area contributed by atoms with E-state index in [1.54, 1.807) is 0 Å². The Hall–Kier alpha value is -2.44. The normalized spacial score (nSPS) is 13.6. The van der Waals surface area contributed by atoms with Gasteiger partial charge in [-0.25, -0.2) is 9.59 Å². The van der Waals surface area contributed by atoms with Gasteiger partial charge in [-0.15, -0.1) is 0 Å². The lowest BCUT2D eigenvalue weighted by Gasteiger charge is -2.08. The van der Waals surface area contributed by atoms with Crippen molar-refractivity contribution in [1.29, 1.82) is 0 Å². The lowest BCUT2D eigenvalue weighted by atomic mass is 10.1. The quantitative estimate of drug-likeness (QED) is 0.256. The van der Waals surface area contributed by atoms with Gasteiger partial charge in [-0.05, 0) is 17.7 Å². The van der Waals surface area contributed by atoms with E-state index in [0.29, 0.717) is 5.56 Å². The molecule has 1 aromatic rings. The molecule has 1 aromatic carbocycles. The number of carboxylic acids is 2. The van der Waals surface area contributed by atoms with E-state index in [4.69, 9.17) is 36.4 Å². The molecule has 11 N–H and O–H groups in total. The summed E-state index contributed by atoms with van der Waals surface area (Å²) in [5.74, 6) is -3.99. The van der Waals surface area contributed by atoms with E-state index >= 15 is 0 Å². The molecule has 3 atom stereocenters. The van der Waals surface area contributed by atoms with Crippen LogP contribution in [0.15, 0.2) is 18.2 Å². The first-order valence-electron chi connectivity index (χ1n) is 5.83. The van der Waals surface area contributed by atoms with Gasteiger partial charge in [0.2, 0.25) is 0 Å². The predicted octanol–water partition coefficient (Wildman–Crippen LogP) is -2.86. The van der Waals surface area contributed by atoms with Crippen LogP contribution in [0.5, 0.6) is 11.5 Å². The second kappa shape index (κ2) is 10.3. The number of phenols is 2.